The molecule has 1 saturated heterocycles. The van der Waals surface area contributed by atoms with Gasteiger partial charge in [0.15, 0.2) is 0 Å². The first kappa shape index (κ1) is 20.4. The molecule has 2 aromatic carbocycles. The number of nitrogens with zero attached hydrogens (tertiary/aromatic N) is 3. The number of likely N-dealkylation sites (N-methyl/N-ethyl adjacent to an activating group) is 1. The number of anilines is 1. The van der Waals surface area contributed by atoms with Gasteiger partial charge in [-0.15, -0.1) is 0 Å². The van der Waals surface area contributed by atoms with Gasteiger partial charge in [0.2, 0.25) is 5.91 Å². The Balaban J connectivity index is 1.44. The standard InChI is InChI=1S/C21H25BrN4O2/c1-24(15-17-7-5-6-10-19(17)22)16-20(27)25-11-13-26(14-12-25)21(28)23-18-8-3-2-4-9-18/h2-10H,11-16H2,1H3,(H,23,28). The Morgan fingerprint density at radius 3 is 2.25 bits per heavy atom. The molecule has 0 bridgehead atoms. The molecule has 3 amide bonds. The summed E-state index contributed by atoms with van der Waals surface area (Å²) in [6, 6.07) is 17.3. The summed E-state index contributed by atoms with van der Waals surface area (Å²) in [5.74, 6) is 0.0951. The average molecular weight is 445 g/mol. The Labute approximate surface area is 174 Å². The number of benzene rings is 2. The number of carbonyl (C=O) groups is 2. The molecule has 6 nitrogen and oxygen atoms in total. The van der Waals surface area contributed by atoms with E-state index in [1.54, 1.807) is 4.90 Å². The molecule has 0 aromatic heterocycles. The van der Waals surface area contributed by atoms with Crippen LogP contribution in [0.5, 0.6) is 0 Å². The fourth-order valence-corrected chi connectivity index (χ4v) is 3.60. The van der Waals surface area contributed by atoms with E-state index in [0.717, 1.165) is 15.7 Å². The quantitative estimate of drug-likeness (QED) is 0.769. The third-order valence-electron chi connectivity index (χ3n) is 4.75. The largest absolute Gasteiger partial charge is 0.338 e. The highest BCUT2D eigenvalue weighted by molar-refractivity contribution is 9.10. The van der Waals surface area contributed by atoms with Crippen molar-refractivity contribution in [3.8, 4) is 0 Å². The van der Waals surface area contributed by atoms with Gasteiger partial charge in [-0.3, -0.25) is 9.69 Å². The Kier molecular flexibility index (Phi) is 7.06. The van der Waals surface area contributed by atoms with Crippen molar-refractivity contribution in [2.24, 2.45) is 0 Å². The lowest BCUT2D eigenvalue weighted by atomic mass is 10.2. The lowest BCUT2D eigenvalue weighted by molar-refractivity contribution is -0.133. The minimum absolute atomic E-state index is 0.0951. The van der Waals surface area contributed by atoms with Crippen LogP contribution in [-0.2, 0) is 11.3 Å². The summed E-state index contributed by atoms with van der Waals surface area (Å²) < 4.78 is 1.05. The van der Waals surface area contributed by atoms with Crippen molar-refractivity contribution in [2.75, 3.05) is 45.1 Å². The number of carbonyl (C=O) groups excluding carboxylic acids is 2. The molecule has 0 radical (unpaired) electrons. The molecule has 1 aliphatic rings. The van der Waals surface area contributed by atoms with Gasteiger partial charge in [-0.25, -0.2) is 4.79 Å². The van der Waals surface area contributed by atoms with Crippen LogP contribution in [-0.4, -0.2) is 66.4 Å². The summed E-state index contributed by atoms with van der Waals surface area (Å²) >= 11 is 3.55. The second-order valence-corrected chi connectivity index (χ2v) is 7.78. The molecular weight excluding hydrogens is 420 g/mol. The molecule has 0 saturated carbocycles. The van der Waals surface area contributed by atoms with Crippen molar-refractivity contribution >= 4 is 33.6 Å². The van der Waals surface area contributed by atoms with Gasteiger partial charge in [0.1, 0.15) is 0 Å². The van der Waals surface area contributed by atoms with Gasteiger partial charge in [0, 0.05) is 42.9 Å². The monoisotopic (exact) mass is 444 g/mol. The van der Waals surface area contributed by atoms with Crippen molar-refractivity contribution in [3.05, 3.63) is 64.6 Å². The highest BCUT2D eigenvalue weighted by Crippen LogP contribution is 2.17. The van der Waals surface area contributed by atoms with Crippen molar-refractivity contribution in [1.82, 2.24) is 14.7 Å². The zero-order chi connectivity index (χ0) is 19.9. The molecule has 148 valence electrons. The first-order chi connectivity index (χ1) is 13.5. The van der Waals surface area contributed by atoms with E-state index in [4.69, 9.17) is 0 Å². The van der Waals surface area contributed by atoms with Crippen molar-refractivity contribution in [3.63, 3.8) is 0 Å². The lowest BCUT2D eigenvalue weighted by Gasteiger charge is -2.35. The SMILES string of the molecule is CN(CC(=O)N1CCN(C(=O)Nc2ccccc2)CC1)Cc1ccccc1Br. The van der Waals surface area contributed by atoms with Gasteiger partial charge in [0.05, 0.1) is 6.54 Å². The average Bonchev–Trinajstić information content (AvgIpc) is 2.70. The fraction of sp³-hybridized carbons (Fsp3) is 0.333. The van der Waals surface area contributed by atoms with Crippen LogP contribution in [0.4, 0.5) is 10.5 Å². The number of piperazine rings is 1. The van der Waals surface area contributed by atoms with Gasteiger partial charge in [-0.2, -0.15) is 0 Å². The van der Waals surface area contributed by atoms with Crippen LogP contribution >= 0.6 is 15.9 Å². The van der Waals surface area contributed by atoms with Gasteiger partial charge in [-0.1, -0.05) is 52.3 Å². The van der Waals surface area contributed by atoms with Crippen LogP contribution in [0.2, 0.25) is 0 Å². The summed E-state index contributed by atoms with van der Waals surface area (Å²) in [7, 11) is 1.95. The highest BCUT2D eigenvalue weighted by atomic mass is 79.9. The number of hydrogen-bond donors (Lipinski definition) is 1. The van der Waals surface area contributed by atoms with Crippen LogP contribution in [0.25, 0.3) is 0 Å². The molecule has 0 atom stereocenters. The van der Waals surface area contributed by atoms with E-state index in [1.165, 1.54) is 0 Å². The van der Waals surface area contributed by atoms with E-state index in [2.05, 4.69) is 27.3 Å². The van der Waals surface area contributed by atoms with Crippen LogP contribution in [0.3, 0.4) is 0 Å². The Bertz CT molecular complexity index is 807. The lowest BCUT2D eigenvalue weighted by Crippen LogP contribution is -2.53. The molecule has 0 aliphatic carbocycles. The molecule has 28 heavy (non-hydrogen) atoms. The number of halogens is 1. The second kappa shape index (κ2) is 9.71. The summed E-state index contributed by atoms with van der Waals surface area (Å²) in [5, 5.41) is 2.89. The predicted octanol–water partition coefficient (Wildman–Crippen LogP) is 3.26. The first-order valence-corrected chi connectivity index (χ1v) is 10.1. The third-order valence-corrected chi connectivity index (χ3v) is 5.52. The van der Waals surface area contributed by atoms with Crippen LogP contribution in [0.15, 0.2) is 59.1 Å². The fourth-order valence-electron chi connectivity index (χ4n) is 3.19. The van der Waals surface area contributed by atoms with Gasteiger partial charge < -0.3 is 15.1 Å². The number of amides is 3. The first-order valence-electron chi connectivity index (χ1n) is 9.33. The predicted molar refractivity (Wildman–Crippen MR) is 114 cm³/mol. The van der Waals surface area contributed by atoms with Crippen LogP contribution in [0, 0.1) is 0 Å². The molecule has 3 rings (SSSR count). The summed E-state index contributed by atoms with van der Waals surface area (Å²) in [6.45, 7) is 3.26. The minimum Gasteiger partial charge on any atom is -0.338 e. The zero-order valence-corrected chi connectivity index (χ0v) is 17.6. The van der Waals surface area contributed by atoms with E-state index in [9.17, 15) is 9.59 Å². The Hall–Kier alpha value is -2.38. The maximum atomic E-state index is 12.6. The smallest absolute Gasteiger partial charge is 0.321 e. The molecule has 1 fully saturated rings. The Morgan fingerprint density at radius 2 is 1.57 bits per heavy atom. The Morgan fingerprint density at radius 1 is 0.964 bits per heavy atom. The van der Waals surface area contributed by atoms with E-state index < -0.39 is 0 Å². The molecule has 1 N–H and O–H groups in total. The van der Waals surface area contributed by atoms with E-state index in [1.807, 2.05) is 65.4 Å². The minimum atomic E-state index is -0.121. The van der Waals surface area contributed by atoms with E-state index in [0.29, 0.717) is 39.3 Å². The third kappa shape index (κ3) is 5.56. The maximum Gasteiger partial charge on any atom is 0.321 e. The van der Waals surface area contributed by atoms with Gasteiger partial charge in [-0.05, 0) is 30.8 Å². The normalized spacial score (nSPS) is 14.2. The van der Waals surface area contributed by atoms with Crippen LogP contribution in [0.1, 0.15) is 5.56 Å². The molecule has 2 aromatic rings. The summed E-state index contributed by atoms with van der Waals surface area (Å²) in [6.07, 6.45) is 0. The van der Waals surface area contributed by atoms with Crippen LogP contribution < -0.4 is 5.32 Å². The molecule has 1 heterocycles. The summed E-state index contributed by atoms with van der Waals surface area (Å²) in [5.41, 5.74) is 1.93. The van der Waals surface area contributed by atoms with Crippen molar-refractivity contribution in [2.45, 2.75) is 6.54 Å². The summed E-state index contributed by atoms with van der Waals surface area (Å²) in [4.78, 5) is 30.6. The number of nitrogens with one attached hydrogen (secondary N) is 1. The van der Waals surface area contributed by atoms with Gasteiger partial charge >= 0.3 is 6.03 Å². The highest BCUT2D eigenvalue weighted by Gasteiger charge is 2.24. The van der Waals surface area contributed by atoms with E-state index in [-0.39, 0.29) is 11.9 Å². The number of rotatable bonds is 5. The number of para-hydroxylation sites is 1. The van der Waals surface area contributed by atoms with Crippen molar-refractivity contribution in [1.29, 1.82) is 0 Å². The molecule has 7 heteroatoms. The molecule has 1 aliphatic heterocycles. The molecule has 0 unspecified atom stereocenters. The topological polar surface area (TPSA) is 55.9 Å². The van der Waals surface area contributed by atoms with E-state index >= 15 is 0 Å². The molecular formula is C21H25BrN4O2. The maximum absolute atomic E-state index is 12.6. The molecule has 0 spiro atoms. The number of urea groups is 1. The zero-order valence-electron chi connectivity index (χ0n) is 16.0. The van der Waals surface area contributed by atoms with Crippen molar-refractivity contribution < 1.29 is 9.59 Å². The second-order valence-electron chi connectivity index (χ2n) is 6.93. The van der Waals surface area contributed by atoms with Gasteiger partial charge in [0.25, 0.3) is 0 Å². The number of hydrogen-bond acceptors (Lipinski definition) is 3.